The van der Waals surface area contributed by atoms with Crippen molar-refractivity contribution in [1.82, 2.24) is 15.0 Å². The number of nitrogens with zero attached hydrogens (tertiary/aromatic N) is 3. The Morgan fingerprint density at radius 1 is 1.00 bits per heavy atom. The molecule has 0 saturated carbocycles. The molecule has 0 amide bonds. The van der Waals surface area contributed by atoms with E-state index in [-0.39, 0.29) is 5.92 Å². The molecule has 2 aromatic heterocycles. The fourth-order valence-electron chi connectivity index (χ4n) is 2.31. The maximum atomic E-state index is 5.58. The van der Waals surface area contributed by atoms with Crippen molar-refractivity contribution in [2.45, 2.75) is 12.3 Å². The number of benzene rings is 1. The number of rotatable bonds is 6. The highest BCUT2D eigenvalue weighted by Gasteiger charge is 2.16. The summed E-state index contributed by atoms with van der Waals surface area (Å²) in [7, 11) is 0. The lowest BCUT2D eigenvalue weighted by Gasteiger charge is -2.15. The molecular weight excluding hydrogens is 264 g/mol. The zero-order valence-corrected chi connectivity index (χ0v) is 11.5. The summed E-state index contributed by atoms with van der Waals surface area (Å²) in [4.78, 5) is 11.9. The molecule has 1 aromatic carbocycles. The molecule has 21 heavy (non-hydrogen) atoms. The van der Waals surface area contributed by atoms with Gasteiger partial charge in [0.25, 0.3) is 0 Å². The van der Waals surface area contributed by atoms with Crippen LogP contribution in [0.25, 0.3) is 0 Å². The van der Waals surface area contributed by atoms with Gasteiger partial charge in [0.2, 0.25) is 5.95 Å². The second-order valence-corrected chi connectivity index (χ2v) is 4.66. The molecule has 0 radical (unpaired) electrons. The lowest BCUT2D eigenvalue weighted by Crippen LogP contribution is -2.10. The van der Waals surface area contributed by atoms with Gasteiger partial charge >= 0.3 is 0 Å². The monoisotopic (exact) mass is 280 g/mol. The molecule has 5 heteroatoms. The standard InChI is InChI=1S/C16H16N4O/c1-2-5-13(6-3-1)14(15-7-4-10-21-15)8-9-18-16-19-11-17-12-20-16/h1-7,10-12,14H,8-9H2,(H,17,18,19,20)/t14-/m0/s1. The van der Waals surface area contributed by atoms with Crippen LogP contribution in [0.2, 0.25) is 0 Å². The largest absolute Gasteiger partial charge is 0.469 e. The molecule has 0 saturated heterocycles. The molecule has 3 rings (SSSR count). The van der Waals surface area contributed by atoms with Crippen LogP contribution in [0.4, 0.5) is 5.95 Å². The van der Waals surface area contributed by atoms with Crippen LogP contribution < -0.4 is 5.32 Å². The van der Waals surface area contributed by atoms with Crippen molar-refractivity contribution in [3.05, 3.63) is 72.7 Å². The first-order valence-corrected chi connectivity index (χ1v) is 6.88. The molecule has 3 aromatic rings. The first kappa shape index (κ1) is 13.3. The van der Waals surface area contributed by atoms with Gasteiger partial charge in [-0.2, -0.15) is 0 Å². The number of nitrogens with one attached hydrogen (secondary N) is 1. The van der Waals surface area contributed by atoms with Crippen LogP contribution >= 0.6 is 0 Å². The van der Waals surface area contributed by atoms with E-state index in [4.69, 9.17) is 4.42 Å². The molecule has 106 valence electrons. The summed E-state index contributed by atoms with van der Waals surface area (Å²) in [5, 5.41) is 3.20. The Kier molecular flexibility index (Phi) is 4.21. The lowest BCUT2D eigenvalue weighted by molar-refractivity contribution is 0.477. The number of anilines is 1. The van der Waals surface area contributed by atoms with Crippen molar-refractivity contribution in [2.24, 2.45) is 0 Å². The van der Waals surface area contributed by atoms with Crippen LogP contribution in [0.1, 0.15) is 23.7 Å². The predicted octanol–water partition coefficient (Wildman–Crippen LogP) is 3.10. The fraction of sp³-hybridized carbons (Fsp3) is 0.188. The minimum absolute atomic E-state index is 0.218. The van der Waals surface area contributed by atoms with Crippen LogP contribution in [-0.2, 0) is 0 Å². The van der Waals surface area contributed by atoms with Crippen LogP contribution in [-0.4, -0.2) is 21.5 Å². The average molecular weight is 280 g/mol. The summed E-state index contributed by atoms with van der Waals surface area (Å²) >= 11 is 0. The summed E-state index contributed by atoms with van der Waals surface area (Å²) in [5.74, 6) is 1.78. The Morgan fingerprint density at radius 2 is 1.81 bits per heavy atom. The smallest absolute Gasteiger partial charge is 0.225 e. The highest BCUT2D eigenvalue weighted by Crippen LogP contribution is 2.28. The summed E-state index contributed by atoms with van der Waals surface area (Å²) in [6.07, 6.45) is 5.57. The first-order valence-electron chi connectivity index (χ1n) is 6.88. The molecule has 0 aliphatic heterocycles. The summed E-state index contributed by atoms with van der Waals surface area (Å²) in [6, 6.07) is 14.3. The van der Waals surface area contributed by atoms with Crippen molar-refractivity contribution in [2.75, 3.05) is 11.9 Å². The molecule has 0 unspecified atom stereocenters. The molecule has 0 spiro atoms. The molecule has 2 heterocycles. The van der Waals surface area contributed by atoms with Gasteiger partial charge in [-0.25, -0.2) is 15.0 Å². The SMILES string of the molecule is c1ccc([C@H](CCNc2ncncn2)c2ccco2)cc1. The van der Waals surface area contributed by atoms with E-state index in [2.05, 4.69) is 32.4 Å². The van der Waals surface area contributed by atoms with E-state index < -0.39 is 0 Å². The van der Waals surface area contributed by atoms with Crippen LogP contribution in [0, 0.1) is 0 Å². The topological polar surface area (TPSA) is 63.8 Å². The third kappa shape index (κ3) is 3.45. The Morgan fingerprint density at radius 3 is 2.52 bits per heavy atom. The van der Waals surface area contributed by atoms with E-state index in [0.717, 1.165) is 18.7 Å². The zero-order valence-electron chi connectivity index (χ0n) is 11.5. The third-order valence-corrected chi connectivity index (χ3v) is 3.30. The maximum Gasteiger partial charge on any atom is 0.225 e. The number of aromatic nitrogens is 3. The number of furan rings is 1. The second kappa shape index (κ2) is 6.65. The van der Waals surface area contributed by atoms with Gasteiger partial charge in [-0.15, -0.1) is 0 Å². The van der Waals surface area contributed by atoms with Crippen molar-refractivity contribution >= 4 is 5.95 Å². The second-order valence-electron chi connectivity index (χ2n) is 4.66. The maximum absolute atomic E-state index is 5.58. The molecule has 0 bridgehead atoms. The van der Waals surface area contributed by atoms with E-state index in [1.807, 2.05) is 30.3 Å². The first-order chi connectivity index (χ1) is 10.4. The Balaban J connectivity index is 1.69. The van der Waals surface area contributed by atoms with Gasteiger partial charge in [-0.1, -0.05) is 30.3 Å². The molecule has 0 aliphatic carbocycles. The lowest BCUT2D eigenvalue weighted by atomic mass is 9.93. The summed E-state index contributed by atoms with van der Waals surface area (Å²) < 4.78 is 5.58. The molecule has 1 N–H and O–H groups in total. The Hall–Kier alpha value is -2.69. The van der Waals surface area contributed by atoms with E-state index in [1.54, 1.807) is 6.26 Å². The minimum Gasteiger partial charge on any atom is -0.469 e. The van der Waals surface area contributed by atoms with Crippen LogP contribution in [0.15, 0.2) is 65.8 Å². The van der Waals surface area contributed by atoms with Gasteiger partial charge in [0.1, 0.15) is 18.4 Å². The van der Waals surface area contributed by atoms with E-state index in [0.29, 0.717) is 5.95 Å². The third-order valence-electron chi connectivity index (χ3n) is 3.30. The quantitative estimate of drug-likeness (QED) is 0.751. The van der Waals surface area contributed by atoms with Crippen molar-refractivity contribution in [3.63, 3.8) is 0 Å². The normalized spacial score (nSPS) is 12.0. The number of hydrogen-bond acceptors (Lipinski definition) is 5. The average Bonchev–Trinajstić information content (AvgIpc) is 3.07. The zero-order chi connectivity index (χ0) is 14.3. The molecule has 5 nitrogen and oxygen atoms in total. The van der Waals surface area contributed by atoms with Gasteiger partial charge in [0, 0.05) is 12.5 Å². The van der Waals surface area contributed by atoms with E-state index in [1.165, 1.54) is 18.2 Å². The molecule has 1 atom stereocenters. The van der Waals surface area contributed by atoms with Gasteiger partial charge in [0.15, 0.2) is 0 Å². The summed E-state index contributed by atoms with van der Waals surface area (Å²) in [6.45, 7) is 0.754. The van der Waals surface area contributed by atoms with E-state index >= 15 is 0 Å². The minimum atomic E-state index is 0.218. The highest BCUT2D eigenvalue weighted by molar-refractivity contribution is 5.28. The molecular formula is C16H16N4O. The molecule has 0 fully saturated rings. The van der Waals surface area contributed by atoms with Gasteiger partial charge < -0.3 is 9.73 Å². The van der Waals surface area contributed by atoms with Crippen LogP contribution in [0.3, 0.4) is 0 Å². The van der Waals surface area contributed by atoms with Gasteiger partial charge in [0.05, 0.1) is 6.26 Å². The van der Waals surface area contributed by atoms with Crippen LogP contribution in [0.5, 0.6) is 0 Å². The van der Waals surface area contributed by atoms with Gasteiger partial charge in [-0.3, -0.25) is 0 Å². The Bertz CT molecular complexity index is 641. The predicted molar refractivity (Wildman–Crippen MR) is 79.9 cm³/mol. The van der Waals surface area contributed by atoms with Gasteiger partial charge in [-0.05, 0) is 24.1 Å². The summed E-state index contributed by atoms with van der Waals surface area (Å²) in [5.41, 5.74) is 1.24. The Labute approximate surface area is 123 Å². The molecule has 0 aliphatic rings. The number of hydrogen-bond donors (Lipinski definition) is 1. The van der Waals surface area contributed by atoms with E-state index in [9.17, 15) is 0 Å². The van der Waals surface area contributed by atoms with Crippen molar-refractivity contribution in [3.8, 4) is 0 Å². The fourth-order valence-corrected chi connectivity index (χ4v) is 2.31. The van der Waals surface area contributed by atoms with Crippen molar-refractivity contribution in [1.29, 1.82) is 0 Å². The van der Waals surface area contributed by atoms with Crippen molar-refractivity contribution < 1.29 is 4.42 Å². The highest BCUT2D eigenvalue weighted by atomic mass is 16.3.